The summed E-state index contributed by atoms with van der Waals surface area (Å²) in [5, 5.41) is 0. The van der Waals surface area contributed by atoms with Crippen LogP contribution in [-0.4, -0.2) is 21.6 Å². The van der Waals surface area contributed by atoms with Crippen LogP contribution in [-0.2, 0) is 4.74 Å². The Kier molecular flexibility index (Phi) is 20.9. The molecule has 3 rings (SSSR count). The molecule has 3 heteroatoms. The Labute approximate surface area is 140 Å². The van der Waals surface area contributed by atoms with Crippen molar-refractivity contribution in [3.63, 3.8) is 0 Å². The maximum atomic E-state index is 4.94. The predicted octanol–water partition coefficient (Wildman–Crippen LogP) is 1.39. The molecule has 3 aliphatic rings. The van der Waals surface area contributed by atoms with E-state index < -0.39 is 0 Å². The predicted molar refractivity (Wildman–Crippen MR) is 74.4 cm³/mol. The van der Waals surface area contributed by atoms with Crippen molar-refractivity contribution < 1.29 is 42.0 Å². The zero-order chi connectivity index (χ0) is 10.6. The molecule has 0 spiro atoms. The minimum Gasteiger partial charge on any atom is -0.381 e. The first-order valence-electron chi connectivity index (χ1n) is 5.41. The van der Waals surface area contributed by atoms with Crippen LogP contribution in [0.5, 0.6) is 0 Å². The van der Waals surface area contributed by atoms with Crippen LogP contribution in [0.15, 0.2) is 0 Å². The van der Waals surface area contributed by atoms with E-state index in [1.165, 1.54) is 12.8 Å². The fraction of sp³-hybridized carbons (Fsp3) is 0.286. The molecule has 100 valence electrons. The summed E-state index contributed by atoms with van der Waals surface area (Å²) in [4.78, 5) is 0. The maximum absolute atomic E-state index is 4.94. The zero-order valence-corrected chi connectivity index (χ0v) is 11.2. The van der Waals surface area contributed by atoms with Crippen molar-refractivity contribution >= 4 is 8.41 Å². The van der Waals surface area contributed by atoms with Gasteiger partial charge in [-0.3, -0.25) is 0 Å². The third-order valence-corrected chi connectivity index (χ3v) is 1.94. The molecule has 2 aliphatic carbocycles. The summed E-state index contributed by atoms with van der Waals surface area (Å²) < 4.78 is 4.94. The molecule has 0 bridgehead atoms. The second-order valence-corrected chi connectivity index (χ2v) is 3.24. The summed E-state index contributed by atoms with van der Waals surface area (Å²) in [6, 6.07) is 0. The second-order valence-electron chi connectivity index (χ2n) is 3.24. The van der Waals surface area contributed by atoms with E-state index in [1.54, 1.807) is 0 Å². The molecule has 1 nitrogen and oxygen atoms in total. The molecule has 0 aromatic carbocycles. The molecule has 0 aromatic rings. The minimum atomic E-state index is 0. The minimum absolute atomic E-state index is 0. The molecule has 1 aliphatic heterocycles. The number of rotatable bonds is 0. The molecule has 1 saturated heterocycles. The van der Waals surface area contributed by atoms with Gasteiger partial charge in [0.15, 0.2) is 0 Å². The number of ether oxygens (including phenoxy) is 1. The molecule has 0 N–H and O–H groups in total. The van der Waals surface area contributed by atoms with Crippen molar-refractivity contribution in [3.8, 4) is 0 Å². The van der Waals surface area contributed by atoms with E-state index in [-0.39, 0.29) is 45.7 Å². The van der Waals surface area contributed by atoms with Gasteiger partial charge in [-0.1, -0.05) is 8.41 Å². The normalized spacial score (nSPS) is 21.2. The third kappa shape index (κ3) is 15.2. The van der Waals surface area contributed by atoms with Gasteiger partial charge in [-0.05, 0) is 77.0 Å². The van der Waals surface area contributed by atoms with Crippen LogP contribution >= 0.6 is 0 Å². The van der Waals surface area contributed by atoms with Crippen LogP contribution in [0.1, 0.15) is 12.8 Å². The van der Waals surface area contributed by atoms with Gasteiger partial charge in [-0.2, -0.15) is 0 Å². The molecule has 0 unspecified atom stereocenters. The Bertz CT molecular complexity index is 74.8. The van der Waals surface area contributed by atoms with E-state index in [2.05, 4.69) is 0 Å². The molecule has 2 saturated carbocycles. The molecular formula is C14H22BErO-. The first-order valence-corrected chi connectivity index (χ1v) is 5.41. The van der Waals surface area contributed by atoms with Crippen LogP contribution in [0.4, 0.5) is 0 Å². The molecule has 10 radical (unpaired) electrons. The van der Waals surface area contributed by atoms with E-state index >= 15 is 0 Å². The van der Waals surface area contributed by atoms with Gasteiger partial charge in [0.25, 0.3) is 0 Å². The average molecular weight is 384 g/mol. The van der Waals surface area contributed by atoms with E-state index in [0.717, 1.165) is 13.2 Å². The topological polar surface area (TPSA) is 9.23 Å². The molecule has 17 heavy (non-hydrogen) atoms. The molecule has 3 fully saturated rings. The fourth-order valence-corrected chi connectivity index (χ4v) is 1.15. The van der Waals surface area contributed by atoms with Crippen molar-refractivity contribution in [3.05, 3.63) is 64.2 Å². The van der Waals surface area contributed by atoms with Gasteiger partial charge in [0.2, 0.25) is 0 Å². The smallest absolute Gasteiger partial charge is 0.0466 e. The summed E-state index contributed by atoms with van der Waals surface area (Å²) >= 11 is 0. The molecule has 0 aromatic heterocycles. The van der Waals surface area contributed by atoms with Crippen LogP contribution in [0, 0.1) is 102 Å². The second kappa shape index (κ2) is 17.3. The van der Waals surface area contributed by atoms with Gasteiger partial charge >= 0.3 is 0 Å². The van der Waals surface area contributed by atoms with Crippen LogP contribution in [0.25, 0.3) is 0 Å². The summed E-state index contributed by atoms with van der Waals surface area (Å²) in [5.74, 6) is 0. The molecular weight excluding hydrogens is 362 g/mol. The van der Waals surface area contributed by atoms with E-state index in [9.17, 15) is 0 Å². The largest absolute Gasteiger partial charge is 0.381 e. The van der Waals surface area contributed by atoms with Gasteiger partial charge in [-0.25, -0.2) is 0 Å². The number of hydrogen-bond acceptors (Lipinski definition) is 1. The summed E-state index contributed by atoms with van der Waals surface area (Å²) in [5.41, 5.74) is 0. The summed E-state index contributed by atoms with van der Waals surface area (Å²) in [6.45, 7) is 2.00. The SMILES string of the molecule is C1CCOC1.[BH4-].[CH]1[CH][CH][CH][CH]1.[CH]1[CH][CH][CH][CH]1.[Er]. The number of hydrogen-bond donors (Lipinski definition) is 0. The Morgan fingerprint density at radius 3 is 0.882 bits per heavy atom. The van der Waals surface area contributed by atoms with Crippen molar-refractivity contribution in [2.75, 3.05) is 13.2 Å². The summed E-state index contributed by atoms with van der Waals surface area (Å²) in [7, 11) is 0. The Hall–Kier alpha value is 1.27. The van der Waals surface area contributed by atoms with Gasteiger partial charge < -0.3 is 4.74 Å². The van der Waals surface area contributed by atoms with Gasteiger partial charge in [-0.15, -0.1) is 0 Å². The summed E-state index contributed by atoms with van der Waals surface area (Å²) in [6.07, 6.45) is 22.6. The first-order chi connectivity index (χ1) is 7.50. The molecule has 0 amide bonds. The van der Waals surface area contributed by atoms with E-state index in [0.29, 0.717) is 0 Å². The molecule has 1 heterocycles. The van der Waals surface area contributed by atoms with Gasteiger partial charge in [0, 0.05) is 50.5 Å². The third-order valence-electron chi connectivity index (χ3n) is 1.94. The van der Waals surface area contributed by atoms with Crippen molar-refractivity contribution in [2.45, 2.75) is 12.8 Å². The van der Waals surface area contributed by atoms with Crippen molar-refractivity contribution in [1.82, 2.24) is 0 Å². The van der Waals surface area contributed by atoms with Crippen LogP contribution < -0.4 is 0 Å². The Morgan fingerprint density at radius 2 is 0.765 bits per heavy atom. The van der Waals surface area contributed by atoms with E-state index in [1.807, 2.05) is 64.2 Å². The van der Waals surface area contributed by atoms with Gasteiger partial charge in [0.05, 0.1) is 0 Å². The van der Waals surface area contributed by atoms with Crippen LogP contribution in [0.2, 0.25) is 0 Å². The van der Waals surface area contributed by atoms with Crippen molar-refractivity contribution in [1.29, 1.82) is 0 Å². The quantitative estimate of drug-likeness (QED) is 0.574. The fourth-order valence-electron chi connectivity index (χ4n) is 1.15. The standard InChI is InChI=1S/2C5H5.C4H8O.BH4.Er/c3*1-2-4-5-3-1;;/h2*1-5H;1-4H2;1H4;/q;;;-1;. The van der Waals surface area contributed by atoms with Crippen molar-refractivity contribution in [2.24, 2.45) is 0 Å². The van der Waals surface area contributed by atoms with Crippen LogP contribution in [0.3, 0.4) is 0 Å². The monoisotopic (exact) mass is 383 g/mol. The molecule has 0 atom stereocenters. The Morgan fingerprint density at radius 1 is 0.529 bits per heavy atom. The van der Waals surface area contributed by atoms with E-state index in [4.69, 9.17) is 4.74 Å². The average Bonchev–Trinajstić information content (AvgIpc) is 3.09. The maximum Gasteiger partial charge on any atom is 0.0466 e. The first kappa shape index (κ1) is 20.6. The van der Waals surface area contributed by atoms with Gasteiger partial charge in [0.1, 0.15) is 0 Å². The zero-order valence-electron chi connectivity index (χ0n) is 9.30. The Balaban J connectivity index is 0.